The second-order valence-corrected chi connectivity index (χ2v) is 6.18. The van der Waals surface area contributed by atoms with Crippen molar-refractivity contribution in [2.24, 2.45) is 11.3 Å². The first kappa shape index (κ1) is 15.3. The van der Waals surface area contributed by atoms with Crippen molar-refractivity contribution in [2.75, 3.05) is 19.8 Å². The number of carbonyl (C=O) groups is 2. The van der Waals surface area contributed by atoms with Crippen LogP contribution in [0.1, 0.15) is 51.4 Å². The highest BCUT2D eigenvalue weighted by atomic mass is 16.5. The molecule has 1 saturated heterocycles. The van der Waals surface area contributed by atoms with Crippen LogP contribution in [-0.2, 0) is 14.3 Å². The molecule has 0 atom stereocenters. The summed E-state index contributed by atoms with van der Waals surface area (Å²) in [7, 11) is 0. The predicted molar refractivity (Wildman–Crippen MR) is 74.3 cm³/mol. The fourth-order valence-electron chi connectivity index (χ4n) is 3.27. The lowest BCUT2D eigenvalue weighted by atomic mass is 9.71. The maximum atomic E-state index is 12.1. The van der Waals surface area contributed by atoms with Crippen molar-refractivity contribution in [3.05, 3.63) is 0 Å². The van der Waals surface area contributed by atoms with Gasteiger partial charge in [0.15, 0.2) is 0 Å². The highest BCUT2D eigenvalue weighted by Gasteiger charge is 2.41. The molecule has 1 heterocycles. The molecule has 0 radical (unpaired) electrons. The zero-order valence-corrected chi connectivity index (χ0v) is 12.0. The molecule has 5 nitrogen and oxygen atoms in total. The predicted octanol–water partition coefficient (Wildman–Crippen LogP) is 1.95. The van der Waals surface area contributed by atoms with Crippen LogP contribution < -0.4 is 5.32 Å². The Balaban J connectivity index is 1.80. The Morgan fingerprint density at radius 2 is 1.80 bits per heavy atom. The molecule has 1 aliphatic heterocycles. The van der Waals surface area contributed by atoms with E-state index in [2.05, 4.69) is 5.32 Å². The van der Waals surface area contributed by atoms with Crippen molar-refractivity contribution in [2.45, 2.75) is 51.4 Å². The fraction of sp³-hybridized carbons (Fsp3) is 0.867. The van der Waals surface area contributed by atoms with Crippen molar-refractivity contribution in [1.29, 1.82) is 0 Å². The summed E-state index contributed by atoms with van der Waals surface area (Å²) in [6, 6.07) is 0. The summed E-state index contributed by atoms with van der Waals surface area (Å²) in [5.41, 5.74) is -0.821. The molecule has 2 fully saturated rings. The number of hydrogen-bond donors (Lipinski definition) is 2. The molecular weight excluding hydrogens is 258 g/mol. The van der Waals surface area contributed by atoms with E-state index in [1.54, 1.807) is 0 Å². The van der Waals surface area contributed by atoms with E-state index in [1.165, 1.54) is 0 Å². The second-order valence-electron chi connectivity index (χ2n) is 6.18. The van der Waals surface area contributed by atoms with Gasteiger partial charge in [0.25, 0.3) is 0 Å². The van der Waals surface area contributed by atoms with Crippen LogP contribution in [0.5, 0.6) is 0 Å². The van der Waals surface area contributed by atoms with Crippen LogP contribution in [-0.4, -0.2) is 36.7 Å². The molecule has 0 aromatic rings. The molecule has 5 heteroatoms. The number of hydrogen-bond acceptors (Lipinski definition) is 3. The molecule has 114 valence electrons. The molecule has 1 aliphatic carbocycles. The van der Waals surface area contributed by atoms with E-state index >= 15 is 0 Å². The lowest BCUT2D eigenvalue weighted by Crippen LogP contribution is -2.40. The van der Waals surface area contributed by atoms with Crippen LogP contribution in [0, 0.1) is 11.3 Å². The summed E-state index contributed by atoms with van der Waals surface area (Å²) in [6.07, 6.45) is 6.26. The highest BCUT2D eigenvalue weighted by molar-refractivity contribution is 5.85. The Bertz CT molecular complexity index is 344. The van der Waals surface area contributed by atoms with Gasteiger partial charge in [0, 0.05) is 26.2 Å². The smallest absolute Gasteiger partial charge is 0.310 e. The Morgan fingerprint density at radius 1 is 1.15 bits per heavy atom. The minimum absolute atomic E-state index is 0.110. The number of amides is 1. The summed E-state index contributed by atoms with van der Waals surface area (Å²) in [4.78, 5) is 23.6. The molecule has 0 aromatic heterocycles. The number of rotatable bonds is 5. The molecule has 0 bridgehead atoms. The van der Waals surface area contributed by atoms with Crippen LogP contribution in [0.15, 0.2) is 0 Å². The summed E-state index contributed by atoms with van der Waals surface area (Å²) < 4.78 is 5.29. The maximum Gasteiger partial charge on any atom is 0.310 e. The fourth-order valence-corrected chi connectivity index (χ4v) is 3.27. The van der Waals surface area contributed by atoms with Crippen molar-refractivity contribution in [1.82, 2.24) is 5.32 Å². The summed E-state index contributed by atoms with van der Waals surface area (Å²) in [5.74, 6) is -0.445. The highest BCUT2D eigenvalue weighted by Crippen LogP contribution is 2.39. The number of carbonyl (C=O) groups excluding carboxylic acids is 1. The van der Waals surface area contributed by atoms with Gasteiger partial charge in [-0.1, -0.05) is 19.3 Å². The van der Waals surface area contributed by atoms with Gasteiger partial charge >= 0.3 is 5.97 Å². The van der Waals surface area contributed by atoms with E-state index in [4.69, 9.17) is 4.74 Å². The van der Waals surface area contributed by atoms with E-state index < -0.39 is 11.4 Å². The molecule has 1 amide bonds. The van der Waals surface area contributed by atoms with Crippen molar-refractivity contribution in [3.63, 3.8) is 0 Å². The summed E-state index contributed by atoms with van der Waals surface area (Å²) >= 11 is 0. The largest absolute Gasteiger partial charge is 0.481 e. The number of carboxylic acids is 1. The second kappa shape index (κ2) is 7.07. The summed E-state index contributed by atoms with van der Waals surface area (Å²) in [6.45, 7) is 2.18. The quantitative estimate of drug-likeness (QED) is 0.808. The van der Waals surface area contributed by atoms with Gasteiger partial charge in [-0.05, 0) is 31.6 Å². The third-order valence-corrected chi connectivity index (χ3v) is 4.69. The van der Waals surface area contributed by atoms with Gasteiger partial charge in [0.1, 0.15) is 0 Å². The van der Waals surface area contributed by atoms with Crippen LogP contribution in [0.2, 0.25) is 0 Å². The van der Waals surface area contributed by atoms with E-state index in [1.807, 2.05) is 0 Å². The summed E-state index contributed by atoms with van der Waals surface area (Å²) in [5, 5.41) is 12.4. The molecule has 0 unspecified atom stereocenters. The van der Waals surface area contributed by atoms with Gasteiger partial charge in [0.2, 0.25) is 5.91 Å². The lowest BCUT2D eigenvalue weighted by molar-refractivity contribution is -0.154. The van der Waals surface area contributed by atoms with E-state index in [0.717, 1.165) is 45.3 Å². The minimum atomic E-state index is -0.821. The number of carboxylic acid groups (broad SMARTS) is 1. The molecule has 2 aliphatic rings. The molecule has 0 aromatic carbocycles. The Labute approximate surface area is 120 Å². The third kappa shape index (κ3) is 3.95. The Morgan fingerprint density at radius 3 is 2.40 bits per heavy atom. The number of ether oxygens (including phenoxy) is 1. The normalized spacial score (nSPS) is 23.2. The maximum absolute atomic E-state index is 12.1. The Hall–Kier alpha value is -1.10. The number of nitrogens with one attached hydrogen (secondary N) is 1. The standard InChI is InChI=1S/C15H25NO4/c17-13(16-11-12-4-8-20-9-5-12)10-15(14(18)19)6-2-1-3-7-15/h12H,1-11H2,(H,16,17)(H,18,19). The van der Waals surface area contributed by atoms with Gasteiger partial charge in [-0.15, -0.1) is 0 Å². The van der Waals surface area contributed by atoms with E-state index in [9.17, 15) is 14.7 Å². The van der Waals surface area contributed by atoms with Crippen LogP contribution in [0.25, 0.3) is 0 Å². The van der Waals surface area contributed by atoms with Crippen LogP contribution in [0.3, 0.4) is 0 Å². The van der Waals surface area contributed by atoms with Crippen LogP contribution >= 0.6 is 0 Å². The molecule has 0 spiro atoms. The third-order valence-electron chi connectivity index (χ3n) is 4.69. The first-order valence-electron chi connectivity index (χ1n) is 7.70. The van der Waals surface area contributed by atoms with Gasteiger partial charge < -0.3 is 15.2 Å². The number of aliphatic carboxylic acids is 1. The molecule has 2 N–H and O–H groups in total. The SMILES string of the molecule is O=C(CC1(C(=O)O)CCCCC1)NCC1CCOCC1. The van der Waals surface area contributed by atoms with Crippen molar-refractivity contribution < 1.29 is 19.4 Å². The van der Waals surface area contributed by atoms with Gasteiger partial charge in [-0.2, -0.15) is 0 Å². The van der Waals surface area contributed by atoms with E-state index in [0.29, 0.717) is 25.3 Å². The first-order chi connectivity index (χ1) is 9.62. The zero-order valence-electron chi connectivity index (χ0n) is 12.0. The van der Waals surface area contributed by atoms with Crippen LogP contribution in [0.4, 0.5) is 0 Å². The average Bonchev–Trinajstić information content (AvgIpc) is 2.47. The van der Waals surface area contributed by atoms with Gasteiger partial charge in [-0.25, -0.2) is 0 Å². The van der Waals surface area contributed by atoms with Gasteiger partial charge in [-0.3, -0.25) is 9.59 Å². The zero-order chi connectivity index (χ0) is 14.4. The van der Waals surface area contributed by atoms with Crippen molar-refractivity contribution in [3.8, 4) is 0 Å². The average molecular weight is 283 g/mol. The molecule has 1 saturated carbocycles. The lowest BCUT2D eigenvalue weighted by Gasteiger charge is -2.32. The van der Waals surface area contributed by atoms with E-state index in [-0.39, 0.29) is 12.3 Å². The van der Waals surface area contributed by atoms with Gasteiger partial charge in [0.05, 0.1) is 5.41 Å². The molecule has 20 heavy (non-hydrogen) atoms. The molecular formula is C15H25NO4. The minimum Gasteiger partial charge on any atom is -0.481 e. The Kier molecular flexibility index (Phi) is 5.40. The van der Waals surface area contributed by atoms with Crippen molar-refractivity contribution >= 4 is 11.9 Å². The monoisotopic (exact) mass is 283 g/mol. The topological polar surface area (TPSA) is 75.6 Å². The first-order valence-corrected chi connectivity index (χ1v) is 7.70. The molecule has 2 rings (SSSR count).